The fraction of sp³-hybridized carbons (Fsp3) is 0.486. The van der Waals surface area contributed by atoms with E-state index < -0.39 is 43.1 Å². The van der Waals surface area contributed by atoms with Gasteiger partial charge in [0.05, 0.1) is 19.1 Å². The normalized spacial score (nSPS) is 13.1. The average molecular weight is 629 g/mol. The summed E-state index contributed by atoms with van der Waals surface area (Å²) in [6.07, 6.45) is 32.8. The molecule has 10 heteroatoms. The minimum Gasteiger partial charge on any atom is -0.478 e. The molecule has 10 nitrogen and oxygen atoms in total. The lowest BCUT2D eigenvalue weighted by molar-refractivity contribution is -0.159. The highest BCUT2D eigenvalue weighted by Gasteiger charge is 2.23. The van der Waals surface area contributed by atoms with Gasteiger partial charge < -0.3 is 30.7 Å². The highest BCUT2D eigenvalue weighted by atomic mass is 16.6. The van der Waals surface area contributed by atoms with Crippen LogP contribution in [0, 0.1) is 5.92 Å². The molecular weight excluding hydrogens is 576 g/mol. The molecule has 45 heavy (non-hydrogen) atoms. The molecule has 0 bridgehead atoms. The van der Waals surface area contributed by atoms with Crippen molar-refractivity contribution in [1.82, 2.24) is 10.6 Å². The summed E-state index contributed by atoms with van der Waals surface area (Å²) in [6.45, 7) is 1.29. The van der Waals surface area contributed by atoms with Crippen molar-refractivity contribution in [1.29, 1.82) is 0 Å². The first-order valence-electron chi connectivity index (χ1n) is 15.6. The summed E-state index contributed by atoms with van der Waals surface area (Å²) < 4.78 is 5.10. The van der Waals surface area contributed by atoms with Gasteiger partial charge in [0.15, 0.2) is 0 Å². The van der Waals surface area contributed by atoms with Gasteiger partial charge in [0.25, 0.3) is 0 Å². The topological polar surface area (TPSA) is 162 Å². The van der Waals surface area contributed by atoms with Gasteiger partial charge in [-0.05, 0) is 57.8 Å². The third kappa shape index (κ3) is 27.3. The number of carboxylic acids is 1. The highest BCUT2D eigenvalue weighted by molar-refractivity contribution is 5.93. The summed E-state index contributed by atoms with van der Waals surface area (Å²) in [7, 11) is 0. The number of esters is 1. The van der Waals surface area contributed by atoms with Crippen LogP contribution in [-0.4, -0.2) is 71.5 Å². The Labute approximate surface area is 268 Å². The van der Waals surface area contributed by atoms with E-state index in [4.69, 9.17) is 9.84 Å². The van der Waals surface area contributed by atoms with Gasteiger partial charge in [0, 0.05) is 31.7 Å². The molecular formula is C35H52N2O8. The van der Waals surface area contributed by atoms with E-state index in [2.05, 4.69) is 78.3 Å². The largest absolute Gasteiger partial charge is 0.478 e. The fourth-order valence-corrected chi connectivity index (χ4v) is 3.68. The molecule has 5 N–H and O–H groups in total. The van der Waals surface area contributed by atoms with E-state index in [1.807, 2.05) is 12.2 Å². The van der Waals surface area contributed by atoms with Crippen LogP contribution in [0.5, 0.6) is 0 Å². The number of amides is 2. The Bertz CT molecular complexity index is 1040. The predicted octanol–water partition coefficient (Wildman–Crippen LogP) is 4.63. The summed E-state index contributed by atoms with van der Waals surface area (Å²) in [5.41, 5.74) is 0. The predicted molar refractivity (Wildman–Crippen MR) is 177 cm³/mol. The van der Waals surface area contributed by atoms with Crippen LogP contribution in [0.3, 0.4) is 0 Å². The van der Waals surface area contributed by atoms with Crippen molar-refractivity contribution in [2.75, 3.05) is 26.3 Å². The number of hydrogen-bond donors (Lipinski definition) is 5. The van der Waals surface area contributed by atoms with Crippen LogP contribution in [0.4, 0.5) is 0 Å². The lowest BCUT2D eigenvalue weighted by Gasteiger charge is -2.20. The Balaban J connectivity index is 4.27. The Hall–Kier alpha value is -4.02. The summed E-state index contributed by atoms with van der Waals surface area (Å²) in [5.74, 6) is -3.46. The van der Waals surface area contributed by atoms with Crippen LogP contribution >= 0.6 is 0 Å². The van der Waals surface area contributed by atoms with Crippen molar-refractivity contribution in [3.05, 3.63) is 85.1 Å². The van der Waals surface area contributed by atoms with Gasteiger partial charge in [-0.25, -0.2) is 4.79 Å². The average Bonchev–Trinajstić information content (AvgIpc) is 3.02. The van der Waals surface area contributed by atoms with E-state index in [0.717, 1.165) is 44.6 Å². The molecule has 0 fully saturated rings. The van der Waals surface area contributed by atoms with Crippen LogP contribution in [0.2, 0.25) is 0 Å². The first-order chi connectivity index (χ1) is 21.8. The molecule has 0 rings (SSSR count). The van der Waals surface area contributed by atoms with Crippen LogP contribution in [0.1, 0.15) is 71.1 Å². The maximum absolute atomic E-state index is 12.5. The van der Waals surface area contributed by atoms with E-state index in [9.17, 15) is 29.4 Å². The molecule has 0 aliphatic rings. The lowest BCUT2D eigenvalue weighted by atomic mass is 10.0. The summed E-state index contributed by atoms with van der Waals surface area (Å²) >= 11 is 0. The van der Waals surface area contributed by atoms with Gasteiger partial charge >= 0.3 is 11.9 Å². The van der Waals surface area contributed by atoms with Crippen molar-refractivity contribution in [3.63, 3.8) is 0 Å². The molecule has 1 unspecified atom stereocenters. The third-order valence-electron chi connectivity index (χ3n) is 6.14. The van der Waals surface area contributed by atoms with Gasteiger partial charge in [0.2, 0.25) is 11.8 Å². The maximum Gasteiger partial charge on any atom is 0.328 e. The Morgan fingerprint density at radius 1 is 0.667 bits per heavy atom. The van der Waals surface area contributed by atoms with Gasteiger partial charge in [0.1, 0.15) is 6.10 Å². The number of ether oxygens (including phenoxy) is 1. The monoisotopic (exact) mass is 628 g/mol. The summed E-state index contributed by atoms with van der Waals surface area (Å²) in [4.78, 5) is 46.9. The zero-order chi connectivity index (χ0) is 33.4. The van der Waals surface area contributed by atoms with Gasteiger partial charge in [-0.1, -0.05) is 79.8 Å². The molecule has 250 valence electrons. The smallest absolute Gasteiger partial charge is 0.328 e. The number of carbonyl (C=O) groups is 4. The summed E-state index contributed by atoms with van der Waals surface area (Å²) in [5, 5.41) is 32.2. The van der Waals surface area contributed by atoms with Crippen LogP contribution in [0.15, 0.2) is 85.1 Å². The molecule has 1 atom stereocenters. The molecule has 0 aliphatic heterocycles. The first-order valence-corrected chi connectivity index (χ1v) is 15.6. The van der Waals surface area contributed by atoms with Crippen molar-refractivity contribution in [3.8, 4) is 0 Å². The highest BCUT2D eigenvalue weighted by Crippen LogP contribution is 2.12. The number of hydrogen-bond acceptors (Lipinski definition) is 7. The number of carboxylic acid groups (broad SMARTS) is 1. The molecule has 2 amide bonds. The lowest BCUT2D eigenvalue weighted by Crippen LogP contribution is -2.34. The second-order valence-electron chi connectivity index (χ2n) is 9.96. The van der Waals surface area contributed by atoms with Crippen LogP contribution < -0.4 is 10.6 Å². The molecule has 0 aromatic carbocycles. The number of rotatable bonds is 26. The second-order valence-corrected chi connectivity index (χ2v) is 9.96. The van der Waals surface area contributed by atoms with Gasteiger partial charge in [-0.2, -0.15) is 0 Å². The van der Waals surface area contributed by atoms with E-state index in [1.54, 1.807) is 0 Å². The Morgan fingerprint density at radius 3 is 1.60 bits per heavy atom. The van der Waals surface area contributed by atoms with Crippen molar-refractivity contribution < 1.29 is 39.2 Å². The fourth-order valence-electron chi connectivity index (χ4n) is 3.68. The molecule has 0 aliphatic carbocycles. The number of nitrogens with one attached hydrogen (secondary N) is 2. The van der Waals surface area contributed by atoms with E-state index in [-0.39, 0.29) is 31.8 Å². The van der Waals surface area contributed by atoms with E-state index in [1.165, 1.54) is 0 Å². The third-order valence-corrected chi connectivity index (χ3v) is 6.14. The molecule has 0 aromatic heterocycles. The number of carbonyl (C=O) groups excluding carboxylic acids is 3. The minimum atomic E-state index is -1.26. The maximum atomic E-state index is 12.5. The van der Waals surface area contributed by atoms with E-state index in [0.29, 0.717) is 18.9 Å². The summed E-state index contributed by atoms with van der Waals surface area (Å²) in [6, 6.07) is 0. The molecule has 0 radical (unpaired) electrons. The van der Waals surface area contributed by atoms with Crippen molar-refractivity contribution >= 4 is 23.8 Å². The van der Waals surface area contributed by atoms with E-state index >= 15 is 0 Å². The molecule has 0 spiro atoms. The number of allylic oxidation sites excluding steroid dienone is 12. The van der Waals surface area contributed by atoms with Crippen molar-refractivity contribution in [2.24, 2.45) is 5.92 Å². The molecule has 0 aromatic rings. The molecule has 0 saturated heterocycles. The van der Waals surface area contributed by atoms with Gasteiger partial charge in [-0.15, -0.1) is 0 Å². The zero-order valence-corrected chi connectivity index (χ0v) is 26.5. The number of aliphatic hydroxyl groups excluding tert-OH is 2. The SMILES string of the molecule is CCC=CCC=CCC=CCC=CCC=CCC=CCCC(=O)NCCC(CCNC(=O)C=CC(=O)O)C(=O)OC(CO)CO. The van der Waals surface area contributed by atoms with Crippen LogP contribution in [-0.2, 0) is 23.9 Å². The molecule has 0 heterocycles. The van der Waals surface area contributed by atoms with Crippen LogP contribution in [0.25, 0.3) is 0 Å². The standard InChI is InChI=1S/C35H52N2O8/c1-2-3-4-5-6-7-8-9-10-11-12-13-14-15-16-17-18-19-20-21-32(40)36-26-24-30(35(44)45-31(28-38)29-39)25-27-37-33(41)22-23-34(42)43/h3-4,6-7,9-10,12-13,15-16,18-19,22-23,30-31,38-39H,2,5,8,11,14,17,20-21,24-29H2,1H3,(H,36,40)(H,37,41)(H,42,43). The minimum absolute atomic E-state index is 0.0576. The molecule has 0 saturated carbocycles. The van der Waals surface area contributed by atoms with Gasteiger partial charge in [-0.3, -0.25) is 14.4 Å². The number of aliphatic hydroxyl groups is 2. The quantitative estimate of drug-likeness (QED) is 0.0526. The zero-order valence-electron chi connectivity index (χ0n) is 26.5. The second kappa shape index (κ2) is 30.0. The Kier molecular flexibility index (Phi) is 27.3. The first kappa shape index (κ1) is 41.0. The van der Waals surface area contributed by atoms with Crippen molar-refractivity contribution in [2.45, 2.75) is 77.2 Å². The number of aliphatic carboxylic acids is 1. The Morgan fingerprint density at radius 2 is 1.13 bits per heavy atom.